The van der Waals surface area contributed by atoms with Crippen LogP contribution in [0.2, 0.25) is 0 Å². The average molecular weight is 401 g/mol. The van der Waals surface area contributed by atoms with Crippen molar-refractivity contribution in [2.24, 2.45) is 0 Å². The molecule has 0 aliphatic carbocycles. The maximum Gasteiger partial charge on any atom is 0.259 e. The number of benzene rings is 2. The summed E-state index contributed by atoms with van der Waals surface area (Å²) in [7, 11) is 1.63. The number of halogens is 1. The Morgan fingerprint density at radius 3 is 2.46 bits per heavy atom. The molecule has 0 atom stereocenters. The topological polar surface area (TPSA) is 111 Å². The molecule has 146 valence electrons. The predicted octanol–water partition coefficient (Wildman–Crippen LogP) is -0.334. The number of rotatable bonds is 6. The van der Waals surface area contributed by atoms with E-state index in [0.29, 0.717) is 23.9 Å². The number of aromatic hydroxyl groups is 1. The van der Waals surface area contributed by atoms with Crippen molar-refractivity contribution in [1.29, 1.82) is 0 Å². The molecule has 3 aromatic rings. The SMILES string of the molecule is COc1ccc(CNc2ccc(NC(=O)c3ccccc3O)c(N)[nH+]2)cc1.[Cl-]. The molecule has 6 N–H and O–H groups in total. The van der Waals surface area contributed by atoms with Crippen LogP contribution in [0.25, 0.3) is 0 Å². The molecule has 28 heavy (non-hydrogen) atoms. The number of nitrogens with one attached hydrogen (secondary N) is 3. The van der Waals surface area contributed by atoms with Gasteiger partial charge in [0.1, 0.15) is 17.2 Å². The molecular formula is C20H21ClN4O3. The van der Waals surface area contributed by atoms with Crippen molar-refractivity contribution in [1.82, 2.24) is 0 Å². The Bertz CT molecular complexity index is 948. The van der Waals surface area contributed by atoms with Crippen LogP contribution >= 0.6 is 0 Å². The van der Waals surface area contributed by atoms with Gasteiger partial charge in [-0.2, -0.15) is 0 Å². The minimum atomic E-state index is -0.438. The zero-order valence-corrected chi connectivity index (χ0v) is 16.0. The van der Waals surface area contributed by atoms with Gasteiger partial charge in [-0.15, -0.1) is 0 Å². The Kier molecular flexibility index (Phi) is 7.06. The van der Waals surface area contributed by atoms with Crippen LogP contribution in [-0.4, -0.2) is 18.1 Å². The van der Waals surface area contributed by atoms with Crippen LogP contribution in [0.3, 0.4) is 0 Å². The fourth-order valence-corrected chi connectivity index (χ4v) is 2.52. The van der Waals surface area contributed by atoms with Crippen molar-refractivity contribution in [3.63, 3.8) is 0 Å². The maximum atomic E-state index is 12.3. The molecule has 1 aromatic heterocycles. The van der Waals surface area contributed by atoms with Gasteiger partial charge >= 0.3 is 0 Å². The second kappa shape index (κ2) is 9.48. The highest BCUT2D eigenvalue weighted by molar-refractivity contribution is 6.07. The highest BCUT2D eigenvalue weighted by Crippen LogP contribution is 2.20. The largest absolute Gasteiger partial charge is 1.00 e. The quantitative estimate of drug-likeness (QED) is 0.452. The Hall–Kier alpha value is -3.45. The van der Waals surface area contributed by atoms with Crippen molar-refractivity contribution >= 4 is 23.2 Å². The number of phenols is 1. The van der Waals surface area contributed by atoms with E-state index in [-0.39, 0.29) is 23.7 Å². The zero-order valence-electron chi connectivity index (χ0n) is 15.2. The van der Waals surface area contributed by atoms with Crippen LogP contribution in [0.1, 0.15) is 15.9 Å². The van der Waals surface area contributed by atoms with Gasteiger partial charge in [0.05, 0.1) is 19.2 Å². The molecule has 1 heterocycles. The first-order valence-corrected chi connectivity index (χ1v) is 8.35. The number of hydrogen-bond donors (Lipinski definition) is 4. The highest BCUT2D eigenvalue weighted by atomic mass is 35.5. The molecule has 7 nitrogen and oxygen atoms in total. The van der Waals surface area contributed by atoms with Crippen molar-refractivity contribution in [2.75, 3.05) is 23.5 Å². The molecule has 0 saturated carbocycles. The molecule has 0 fully saturated rings. The Labute approximate surface area is 169 Å². The molecular weight excluding hydrogens is 380 g/mol. The number of phenolic OH excluding ortho intramolecular Hbond substituents is 1. The molecule has 8 heteroatoms. The van der Waals surface area contributed by atoms with E-state index in [4.69, 9.17) is 10.5 Å². The lowest BCUT2D eigenvalue weighted by molar-refractivity contribution is -0.342. The van der Waals surface area contributed by atoms with E-state index in [1.807, 2.05) is 24.3 Å². The Morgan fingerprint density at radius 1 is 1.11 bits per heavy atom. The minimum absolute atomic E-state index is 0. The smallest absolute Gasteiger partial charge is 0.259 e. The number of methoxy groups -OCH3 is 1. The lowest BCUT2D eigenvalue weighted by Gasteiger charge is -2.09. The number of amides is 1. The number of pyridine rings is 1. The van der Waals surface area contributed by atoms with Gasteiger partial charge in [-0.05, 0) is 35.9 Å². The first-order chi connectivity index (χ1) is 13.1. The van der Waals surface area contributed by atoms with E-state index in [1.165, 1.54) is 12.1 Å². The van der Waals surface area contributed by atoms with Gasteiger partial charge in [0.2, 0.25) is 11.6 Å². The third kappa shape index (κ3) is 5.05. The number of anilines is 3. The fourth-order valence-electron chi connectivity index (χ4n) is 2.52. The number of ether oxygens (including phenoxy) is 1. The molecule has 0 aliphatic rings. The standard InChI is InChI=1S/C20H20N4O3.ClH/c1-27-14-8-6-13(7-9-14)12-22-18-11-10-16(19(21)24-18)23-20(26)15-4-2-3-5-17(15)25;/h2-11,25H,12H2,1H3,(H,23,26)(H3,21,22,24);1H. The second-order valence-electron chi connectivity index (χ2n) is 5.87. The summed E-state index contributed by atoms with van der Waals surface area (Å²) >= 11 is 0. The Morgan fingerprint density at radius 2 is 1.82 bits per heavy atom. The summed E-state index contributed by atoms with van der Waals surface area (Å²) in [6.45, 7) is 0.601. The molecule has 0 radical (unpaired) electrons. The van der Waals surface area contributed by atoms with Gasteiger partial charge in [-0.25, -0.2) is 4.98 Å². The number of nitrogens with two attached hydrogens (primary N) is 1. The number of nitrogen functional groups attached to an aromatic ring is 1. The van der Waals surface area contributed by atoms with Crippen LogP contribution in [0, 0.1) is 0 Å². The summed E-state index contributed by atoms with van der Waals surface area (Å²) in [6.07, 6.45) is 0. The number of carbonyl (C=O) groups is 1. The lowest BCUT2D eigenvalue weighted by Crippen LogP contribution is -3.00. The number of H-pyrrole nitrogens is 1. The number of hydrogen-bond acceptors (Lipinski definition) is 5. The van der Waals surface area contributed by atoms with E-state index >= 15 is 0 Å². The van der Waals surface area contributed by atoms with Crippen LogP contribution in [0.15, 0.2) is 60.7 Å². The van der Waals surface area contributed by atoms with Crippen molar-refractivity contribution in [2.45, 2.75) is 6.54 Å². The second-order valence-corrected chi connectivity index (χ2v) is 5.87. The molecule has 0 saturated heterocycles. The minimum Gasteiger partial charge on any atom is -1.00 e. The number of aromatic nitrogens is 1. The van der Waals surface area contributed by atoms with E-state index in [0.717, 1.165) is 11.3 Å². The first-order valence-electron chi connectivity index (χ1n) is 8.35. The summed E-state index contributed by atoms with van der Waals surface area (Å²) in [5.41, 5.74) is 7.69. The predicted molar refractivity (Wildman–Crippen MR) is 104 cm³/mol. The monoisotopic (exact) mass is 400 g/mol. The van der Waals surface area contributed by atoms with E-state index in [9.17, 15) is 9.90 Å². The van der Waals surface area contributed by atoms with Gasteiger partial charge in [0, 0.05) is 6.07 Å². The van der Waals surface area contributed by atoms with Crippen LogP contribution < -0.4 is 38.5 Å². The molecule has 2 aromatic carbocycles. The lowest BCUT2D eigenvalue weighted by atomic mass is 10.2. The Balaban J connectivity index is 0.00000280. The fraction of sp³-hybridized carbons (Fsp3) is 0.100. The van der Waals surface area contributed by atoms with Gasteiger partial charge in [0.15, 0.2) is 0 Å². The van der Waals surface area contributed by atoms with E-state index in [2.05, 4.69) is 15.6 Å². The normalized spacial score (nSPS) is 9.89. The van der Waals surface area contributed by atoms with Crippen LogP contribution in [0.5, 0.6) is 11.5 Å². The third-order valence-electron chi connectivity index (χ3n) is 4.02. The average Bonchev–Trinajstić information content (AvgIpc) is 2.69. The highest BCUT2D eigenvalue weighted by Gasteiger charge is 2.14. The van der Waals surface area contributed by atoms with Gasteiger partial charge in [0.25, 0.3) is 5.91 Å². The summed E-state index contributed by atoms with van der Waals surface area (Å²) < 4.78 is 5.14. The number of aromatic amines is 1. The third-order valence-corrected chi connectivity index (χ3v) is 4.02. The molecule has 0 unspecified atom stereocenters. The maximum absolute atomic E-state index is 12.3. The molecule has 1 amide bonds. The van der Waals surface area contributed by atoms with Crippen molar-refractivity contribution in [3.05, 3.63) is 71.8 Å². The number of carbonyl (C=O) groups excluding carboxylic acids is 1. The van der Waals surface area contributed by atoms with E-state index < -0.39 is 5.91 Å². The molecule has 0 bridgehead atoms. The van der Waals surface area contributed by atoms with E-state index in [1.54, 1.807) is 31.4 Å². The van der Waals surface area contributed by atoms with Crippen LogP contribution in [0.4, 0.5) is 17.3 Å². The molecule has 0 aliphatic heterocycles. The number of para-hydroxylation sites is 1. The zero-order chi connectivity index (χ0) is 19.2. The first kappa shape index (κ1) is 20.9. The van der Waals surface area contributed by atoms with Gasteiger partial charge < -0.3 is 38.6 Å². The van der Waals surface area contributed by atoms with Crippen molar-refractivity contribution in [3.8, 4) is 11.5 Å². The summed E-state index contributed by atoms with van der Waals surface area (Å²) in [4.78, 5) is 15.3. The molecule has 3 rings (SSSR count). The van der Waals surface area contributed by atoms with Gasteiger partial charge in [-0.3, -0.25) is 4.79 Å². The van der Waals surface area contributed by atoms with Crippen molar-refractivity contribution < 1.29 is 32.0 Å². The molecule has 0 spiro atoms. The summed E-state index contributed by atoms with van der Waals surface area (Å²) in [5.74, 6) is 1.30. The summed E-state index contributed by atoms with van der Waals surface area (Å²) in [6, 6.07) is 17.5. The summed E-state index contributed by atoms with van der Waals surface area (Å²) in [5, 5.41) is 15.7. The van der Waals surface area contributed by atoms with Gasteiger partial charge in [-0.1, -0.05) is 24.3 Å². The van der Waals surface area contributed by atoms with Crippen LogP contribution in [-0.2, 0) is 6.54 Å².